The topological polar surface area (TPSA) is 58.8 Å². The first-order valence-electron chi connectivity index (χ1n) is 7.72. The number of hydrogen-bond donors (Lipinski definition) is 1. The number of nitrogens with two attached hydrogens (primary N) is 1. The standard InChI is InChI=1S/C18H20ClN3O2/c1-21-7-8-22(16-6-3-13(19)9-12(16)11-21)18(23)15-5-4-14(20)10-17(15)24-2/h3-6,9-10H,7-8,11,20H2,1-2H3. The summed E-state index contributed by atoms with van der Waals surface area (Å²) in [5.41, 5.74) is 8.77. The molecule has 1 heterocycles. The van der Waals surface area contributed by atoms with Crippen LogP contribution < -0.4 is 15.4 Å². The van der Waals surface area contributed by atoms with Gasteiger partial charge in [0.15, 0.2) is 0 Å². The van der Waals surface area contributed by atoms with Crippen molar-refractivity contribution in [3.63, 3.8) is 0 Å². The minimum Gasteiger partial charge on any atom is -0.496 e. The summed E-state index contributed by atoms with van der Waals surface area (Å²) < 4.78 is 5.34. The maximum absolute atomic E-state index is 13.2. The molecular formula is C18H20ClN3O2. The van der Waals surface area contributed by atoms with Crippen LogP contribution in [0.25, 0.3) is 0 Å². The molecule has 0 saturated carbocycles. The van der Waals surface area contributed by atoms with E-state index in [9.17, 15) is 4.79 Å². The second kappa shape index (κ2) is 6.71. The van der Waals surface area contributed by atoms with Crippen molar-refractivity contribution in [2.24, 2.45) is 0 Å². The van der Waals surface area contributed by atoms with Crippen molar-refractivity contribution in [1.82, 2.24) is 4.90 Å². The lowest BCUT2D eigenvalue weighted by atomic mass is 10.1. The molecule has 0 spiro atoms. The molecule has 1 aliphatic heterocycles. The van der Waals surface area contributed by atoms with Crippen LogP contribution in [-0.2, 0) is 6.54 Å². The summed E-state index contributed by atoms with van der Waals surface area (Å²) in [5.74, 6) is 0.374. The smallest absolute Gasteiger partial charge is 0.262 e. The van der Waals surface area contributed by atoms with Crippen molar-refractivity contribution in [1.29, 1.82) is 0 Å². The number of nitrogen functional groups attached to an aromatic ring is 1. The summed E-state index contributed by atoms with van der Waals surface area (Å²) in [7, 11) is 3.57. The lowest BCUT2D eigenvalue weighted by Gasteiger charge is -2.24. The summed E-state index contributed by atoms with van der Waals surface area (Å²) in [6.45, 7) is 2.12. The third-order valence-electron chi connectivity index (χ3n) is 4.18. The molecule has 5 nitrogen and oxygen atoms in total. The zero-order chi connectivity index (χ0) is 17.3. The van der Waals surface area contributed by atoms with Crippen molar-refractivity contribution in [2.45, 2.75) is 6.54 Å². The van der Waals surface area contributed by atoms with Crippen LogP contribution in [0, 0.1) is 0 Å². The van der Waals surface area contributed by atoms with Gasteiger partial charge in [0.2, 0.25) is 0 Å². The van der Waals surface area contributed by atoms with Gasteiger partial charge in [0.25, 0.3) is 5.91 Å². The summed E-state index contributed by atoms with van der Waals surface area (Å²) >= 11 is 6.13. The number of amides is 1. The van der Waals surface area contributed by atoms with Crippen molar-refractivity contribution >= 4 is 28.9 Å². The lowest BCUT2D eigenvalue weighted by molar-refractivity contribution is 0.0983. The van der Waals surface area contributed by atoms with E-state index in [2.05, 4.69) is 4.90 Å². The first-order valence-corrected chi connectivity index (χ1v) is 8.09. The minimum absolute atomic E-state index is 0.106. The number of methoxy groups -OCH3 is 1. The minimum atomic E-state index is -0.106. The highest BCUT2D eigenvalue weighted by Gasteiger charge is 2.26. The number of rotatable bonds is 2. The van der Waals surface area contributed by atoms with Gasteiger partial charge in [-0.15, -0.1) is 0 Å². The van der Waals surface area contributed by atoms with E-state index >= 15 is 0 Å². The summed E-state index contributed by atoms with van der Waals surface area (Å²) in [6, 6.07) is 10.7. The van der Waals surface area contributed by atoms with Gasteiger partial charge in [-0.1, -0.05) is 11.6 Å². The van der Waals surface area contributed by atoms with Crippen LogP contribution in [0.4, 0.5) is 11.4 Å². The van der Waals surface area contributed by atoms with E-state index < -0.39 is 0 Å². The molecule has 0 radical (unpaired) electrons. The largest absolute Gasteiger partial charge is 0.496 e. The monoisotopic (exact) mass is 345 g/mol. The summed E-state index contributed by atoms with van der Waals surface area (Å²) in [6.07, 6.45) is 0. The Morgan fingerprint density at radius 3 is 2.75 bits per heavy atom. The van der Waals surface area contributed by atoms with E-state index in [1.165, 1.54) is 7.11 Å². The number of anilines is 2. The molecule has 6 heteroatoms. The Labute approximate surface area is 146 Å². The first-order chi connectivity index (χ1) is 11.5. The number of fused-ring (bicyclic) bond motifs is 1. The van der Waals surface area contributed by atoms with Gasteiger partial charge in [-0.25, -0.2) is 0 Å². The number of carbonyl (C=O) groups excluding carboxylic acids is 1. The molecule has 0 saturated heterocycles. The molecule has 0 bridgehead atoms. The van der Waals surface area contributed by atoms with Crippen LogP contribution in [0.15, 0.2) is 36.4 Å². The number of carbonyl (C=O) groups is 1. The van der Waals surface area contributed by atoms with Gasteiger partial charge < -0.3 is 20.3 Å². The summed E-state index contributed by atoms with van der Waals surface area (Å²) in [5, 5.41) is 0.668. The number of halogens is 1. The maximum atomic E-state index is 13.2. The Morgan fingerprint density at radius 2 is 2.00 bits per heavy atom. The van der Waals surface area contributed by atoms with E-state index in [1.807, 2.05) is 25.2 Å². The maximum Gasteiger partial charge on any atom is 0.262 e. The normalized spacial score (nSPS) is 14.9. The SMILES string of the molecule is COc1cc(N)ccc1C(=O)N1CCN(C)Cc2cc(Cl)ccc21. The molecular weight excluding hydrogens is 326 g/mol. The molecule has 0 fully saturated rings. The van der Waals surface area contributed by atoms with E-state index in [0.29, 0.717) is 28.6 Å². The fourth-order valence-corrected chi connectivity index (χ4v) is 3.14. The zero-order valence-corrected chi connectivity index (χ0v) is 14.5. The summed E-state index contributed by atoms with van der Waals surface area (Å²) in [4.78, 5) is 17.1. The number of hydrogen-bond acceptors (Lipinski definition) is 4. The van der Waals surface area contributed by atoms with Crippen LogP contribution in [0.2, 0.25) is 5.02 Å². The predicted octanol–water partition coefficient (Wildman–Crippen LogP) is 3.02. The Kier molecular flexibility index (Phi) is 4.64. The Bertz CT molecular complexity index is 779. The molecule has 0 aromatic heterocycles. The fraction of sp³-hybridized carbons (Fsp3) is 0.278. The van der Waals surface area contributed by atoms with Gasteiger partial charge in [0.05, 0.1) is 12.7 Å². The molecule has 3 rings (SSSR count). The van der Waals surface area contributed by atoms with Crippen LogP contribution in [0.5, 0.6) is 5.75 Å². The van der Waals surface area contributed by atoms with Crippen LogP contribution in [0.1, 0.15) is 15.9 Å². The average Bonchev–Trinajstić information content (AvgIpc) is 2.71. The van der Waals surface area contributed by atoms with E-state index in [-0.39, 0.29) is 5.91 Å². The van der Waals surface area contributed by atoms with Gasteiger partial charge in [-0.2, -0.15) is 0 Å². The molecule has 126 valence electrons. The van der Waals surface area contributed by atoms with Gasteiger partial charge in [0, 0.05) is 42.1 Å². The Balaban J connectivity index is 2.04. The van der Waals surface area contributed by atoms with E-state index in [0.717, 1.165) is 24.3 Å². The van der Waals surface area contributed by atoms with Crippen molar-refractivity contribution in [2.75, 3.05) is 37.9 Å². The molecule has 0 unspecified atom stereocenters. The molecule has 1 amide bonds. The lowest BCUT2D eigenvalue weighted by Crippen LogP contribution is -2.35. The first kappa shape index (κ1) is 16.6. The molecule has 2 aromatic carbocycles. The van der Waals surface area contributed by atoms with Crippen LogP contribution >= 0.6 is 11.6 Å². The third kappa shape index (κ3) is 3.18. The number of benzene rings is 2. The predicted molar refractivity (Wildman–Crippen MR) is 96.9 cm³/mol. The zero-order valence-electron chi connectivity index (χ0n) is 13.8. The van der Waals surface area contributed by atoms with Crippen molar-refractivity contribution in [3.05, 3.63) is 52.5 Å². The number of nitrogens with zero attached hydrogens (tertiary/aromatic N) is 2. The number of likely N-dealkylation sites (N-methyl/N-ethyl adjacent to an activating group) is 1. The van der Waals surface area contributed by atoms with Gasteiger partial charge in [0.1, 0.15) is 5.75 Å². The van der Waals surface area contributed by atoms with Crippen LogP contribution in [0.3, 0.4) is 0 Å². The average molecular weight is 346 g/mol. The Hall–Kier alpha value is -2.24. The second-order valence-corrected chi connectivity index (χ2v) is 6.36. The van der Waals surface area contributed by atoms with Gasteiger partial charge in [-0.05, 0) is 42.9 Å². The van der Waals surface area contributed by atoms with E-state index in [4.69, 9.17) is 22.1 Å². The molecule has 2 N–H and O–H groups in total. The van der Waals surface area contributed by atoms with Crippen molar-refractivity contribution in [3.8, 4) is 5.75 Å². The highest BCUT2D eigenvalue weighted by atomic mass is 35.5. The molecule has 0 aliphatic carbocycles. The van der Waals surface area contributed by atoms with Crippen LogP contribution in [-0.4, -0.2) is 38.1 Å². The quantitative estimate of drug-likeness (QED) is 0.850. The third-order valence-corrected chi connectivity index (χ3v) is 4.41. The van der Waals surface area contributed by atoms with E-state index in [1.54, 1.807) is 23.1 Å². The highest BCUT2D eigenvalue weighted by molar-refractivity contribution is 6.30. The van der Waals surface area contributed by atoms with Crippen molar-refractivity contribution < 1.29 is 9.53 Å². The molecule has 2 aromatic rings. The molecule has 24 heavy (non-hydrogen) atoms. The Morgan fingerprint density at radius 1 is 1.21 bits per heavy atom. The number of ether oxygens (including phenoxy) is 1. The second-order valence-electron chi connectivity index (χ2n) is 5.93. The molecule has 0 atom stereocenters. The molecule has 1 aliphatic rings. The highest BCUT2D eigenvalue weighted by Crippen LogP contribution is 2.31. The van der Waals surface area contributed by atoms with Gasteiger partial charge in [-0.3, -0.25) is 4.79 Å². The van der Waals surface area contributed by atoms with Gasteiger partial charge >= 0.3 is 0 Å². The fourth-order valence-electron chi connectivity index (χ4n) is 2.95.